The standard InChI is InChI=1S/C18H25NO/c1-14-6-5-9-16(12-14)18(10-11-18)17(20)19-13-15-7-3-2-4-8-15/h5-6,9,12,15H,2-4,7-8,10-11,13H2,1H3,(H,19,20). The van der Waals surface area contributed by atoms with Gasteiger partial charge in [-0.25, -0.2) is 0 Å². The summed E-state index contributed by atoms with van der Waals surface area (Å²) in [6, 6.07) is 8.45. The van der Waals surface area contributed by atoms with Gasteiger partial charge in [0.25, 0.3) is 0 Å². The van der Waals surface area contributed by atoms with Crippen LogP contribution in [0.3, 0.4) is 0 Å². The molecule has 2 heteroatoms. The number of hydrogen-bond acceptors (Lipinski definition) is 1. The predicted octanol–water partition coefficient (Wildman–Crippen LogP) is 3.72. The van der Waals surface area contributed by atoms with Crippen LogP contribution in [0.4, 0.5) is 0 Å². The first-order valence-corrected chi connectivity index (χ1v) is 8.06. The third kappa shape index (κ3) is 2.74. The van der Waals surface area contributed by atoms with Crippen molar-refractivity contribution in [2.45, 2.75) is 57.3 Å². The Morgan fingerprint density at radius 2 is 2.00 bits per heavy atom. The van der Waals surface area contributed by atoms with Crippen molar-refractivity contribution in [1.29, 1.82) is 0 Å². The van der Waals surface area contributed by atoms with Gasteiger partial charge in [-0.3, -0.25) is 4.79 Å². The fourth-order valence-electron chi connectivity index (χ4n) is 3.51. The summed E-state index contributed by atoms with van der Waals surface area (Å²) < 4.78 is 0. The van der Waals surface area contributed by atoms with Crippen LogP contribution in [-0.2, 0) is 10.2 Å². The quantitative estimate of drug-likeness (QED) is 0.888. The summed E-state index contributed by atoms with van der Waals surface area (Å²) in [6.07, 6.45) is 8.64. The Hall–Kier alpha value is -1.31. The van der Waals surface area contributed by atoms with Crippen molar-refractivity contribution in [1.82, 2.24) is 5.32 Å². The van der Waals surface area contributed by atoms with Crippen molar-refractivity contribution in [2.75, 3.05) is 6.54 Å². The molecule has 2 fully saturated rings. The minimum atomic E-state index is -0.208. The van der Waals surface area contributed by atoms with Crippen LogP contribution < -0.4 is 5.32 Å². The molecule has 2 aliphatic rings. The van der Waals surface area contributed by atoms with Gasteiger partial charge in [0.2, 0.25) is 5.91 Å². The van der Waals surface area contributed by atoms with E-state index in [2.05, 4.69) is 36.5 Å². The molecule has 1 aromatic rings. The van der Waals surface area contributed by atoms with Gasteiger partial charge in [0.1, 0.15) is 0 Å². The van der Waals surface area contributed by atoms with Gasteiger partial charge in [0.15, 0.2) is 0 Å². The van der Waals surface area contributed by atoms with Gasteiger partial charge in [-0.1, -0.05) is 49.1 Å². The molecule has 2 saturated carbocycles. The van der Waals surface area contributed by atoms with Crippen molar-refractivity contribution in [3.05, 3.63) is 35.4 Å². The average Bonchev–Trinajstić information content (AvgIpc) is 3.28. The minimum Gasteiger partial charge on any atom is -0.355 e. The minimum absolute atomic E-state index is 0.208. The number of carbonyl (C=O) groups excluding carboxylic acids is 1. The molecule has 0 heterocycles. The zero-order valence-electron chi connectivity index (χ0n) is 12.5. The largest absolute Gasteiger partial charge is 0.355 e. The summed E-state index contributed by atoms with van der Waals surface area (Å²) in [5.74, 6) is 0.967. The van der Waals surface area contributed by atoms with Gasteiger partial charge in [-0.2, -0.15) is 0 Å². The molecule has 0 aliphatic heterocycles. The topological polar surface area (TPSA) is 29.1 Å². The van der Waals surface area contributed by atoms with E-state index in [-0.39, 0.29) is 11.3 Å². The van der Waals surface area contributed by atoms with Gasteiger partial charge in [0, 0.05) is 6.54 Å². The van der Waals surface area contributed by atoms with Crippen molar-refractivity contribution in [3.8, 4) is 0 Å². The van der Waals surface area contributed by atoms with Crippen molar-refractivity contribution in [2.24, 2.45) is 5.92 Å². The molecule has 1 N–H and O–H groups in total. The van der Waals surface area contributed by atoms with Crippen LogP contribution in [0.1, 0.15) is 56.1 Å². The Bertz CT molecular complexity index is 484. The van der Waals surface area contributed by atoms with Gasteiger partial charge in [-0.05, 0) is 44.1 Å². The van der Waals surface area contributed by atoms with E-state index in [1.54, 1.807) is 0 Å². The van der Waals surface area contributed by atoms with Gasteiger partial charge in [0.05, 0.1) is 5.41 Å². The molecule has 0 unspecified atom stereocenters. The highest BCUT2D eigenvalue weighted by Gasteiger charge is 2.51. The van der Waals surface area contributed by atoms with Crippen molar-refractivity contribution >= 4 is 5.91 Å². The van der Waals surface area contributed by atoms with Crippen LogP contribution in [0.5, 0.6) is 0 Å². The molecule has 2 aliphatic carbocycles. The average molecular weight is 271 g/mol. The fraction of sp³-hybridized carbons (Fsp3) is 0.611. The zero-order valence-corrected chi connectivity index (χ0v) is 12.5. The molecule has 0 aromatic heterocycles. The van der Waals surface area contributed by atoms with Crippen molar-refractivity contribution in [3.63, 3.8) is 0 Å². The zero-order chi connectivity index (χ0) is 14.0. The molecular formula is C18H25NO. The second kappa shape index (κ2) is 5.59. The van der Waals surface area contributed by atoms with Gasteiger partial charge >= 0.3 is 0 Å². The summed E-state index contributed by atoms with van der Waals surface area (Å²) in [5.41, 5.74) is 2.24. The first-order chi connectivity index (χ1) is 9.71. The van der Waals surface area contributed by atoms with E-state index in [4.69, 9.17) is 0 Å². The number of amides is 1. The maximum Gasteiger partial charge on any atom is 0.230 e. The van der Waals surface area contributed by atoms with Crippen LogP contribution in [-0.4, -0.2) is 12.5 Å². The molecule has 3 rings (SSSR count). The van der Waals surface area contributed by atoms with E-state index in [9.17, 15) is 4.79 Å². The smallest absolute Gasteiger partial charge is 0.230 e. The Kier molecular flexibility index (Phi) is 3.82. The second-order valence-corrected chi connectivity index (χ2v) is 6.67. The Labute approximate surface area is 122 Å². The third-order valence-corrected chi connectivity index (χ3v) is 5.03. The van der Waals surface area contributed by atoms with E-state index in [1.165, 1.54) is 43.2 Å². The molecule has 0 bridgehead atoms. The fourth-order valence-corrected chi connectivity index (χ4v) is 3.51. The predicted molar refractivity (Wildman–Crippen MR) is 81.7 cm³/mol. The SMILES string of the molecule is Cc1cccc(C2(C(=O)NCC3CCCCC3)CC2)c1. The molecule has 0 spiro atoms. The maximum absolute atomic E-state index is 12.6. The third-order valence-electron chi connectivity index (χ3n) is 5.03. The Balaban J connectivity index is 1.61. The summed E-state index contributed by atoms with van der Waals surface area (Å²) in [4.78, 5) is 12.6. The van der Waals surface area contributed by atoms with Crippen LogP contribution >= 0.6 is 0 Å². The highest BCUT2D eigenvalue weighted by atomic mass is 16.2. The van der Waals surface area contributed by atoms with Gasteiger partial charge < -0.3 is 5.32 Å². The van der Waals surface area contributed by atoms with E-state index in [0.29, 0.717) is 5.92 Å². The molecule has 20 heavy (non-hydrogen) atoms. The number of nitrogens with one attached hydrogen (secondary N) is 1. The second-order valence-electron chi connectivity index (χ2n) is 6.67. The maximum atomic E-state index is 12.6. The van der Waals surface area contributed by atoms with Crippen LogP contribution in [0.25, 0.3) is 0 Å². The highest BCUT2D eigenvalue weighted by molar-refractivity contribution is 5.91. The molecule has 1 aromatic carbocycles. The molecule has 0 radical (unpaired) electrons. The highest BCUT2D eigenvalue weighted by Crippen LogP contribution is 2.48. The number of carbonyl (C=O) groups is 1. The molecule has 1 amide bonds. The lowest BCUT2D eigenvalue weighted by molar-refractivity contribution is -0.123. The van der Waals surface area contributed by atoms with E-state index in [0.717, 1.165) is 19.4 Å². The first kappa shape index (κ1) is 13.7. The molecule has 2 nitrogen and oxygen atoms in total. The van der Waals surface area contributed by atoms with E-state index in [1.807, 2.05) is 0 Å². The van der Waals surface area contributed by atoms with Crippen molar-refractivity contribution < 1.29 is 4.79 Å². The lowest BCUT2D eigenvalue weighted by atomic mass is 9.88. The monoisotopic (exact) mass is 271 g/mol. The summed E-state index contributed by atoms with van der Waals surface area (Å²) in [7, 11) is 0. The molecule has 0 saturated heterocycles. The lowest BCUT2D eigenvalue weighted by Gasteiger charge is -2.23. The number of hydrogen-bond donors (Lipinski definition) is 1. The van der Waals surface area contributed by atoms with E-state index >= 15 is 0 Å². The first-order valence-electron chi connectivity index (χ1n) is 8.06. The Morgan fingerprint density at radius 3 is 2.65 bits per heavy atom. The normalized spacial score (nSPS) is 21.4. The summed E-state index contributed by atoms with van der Waals surface area (Å²) >= 11 is 0. The molecule has 0 atom stereocenters. The molecule has 108 valence electrons. The lowest BCUT2D eigenvalue weighted by Crippen LogP contribution is -2.38. The van der Waals surface area contributed by atoms with Crippen LogP contribution in [0.15, 0.2) is 24.3 Å². The number of rotatable bonds is 4. The molecular weight excluding hydrogens is 246 g/mol. The van der Waals surface area contributed by atoms with Gasteiger partial charge in [-0.15, -0.1) is 0 Å². The van der Waals surface area contributed by atoms with E-state index < -0.39 is 0 Å². The number of benzene rings is 1. The number of aryl methyl sites for hydroxylation is 1. The Morgan fingerprint density at radius 1 is 1.25 bits per heavy atom. The summed E-state index contributed by atoms with van der Waals surface area (Å²) in [6.45, 7) is 2.98. The van der Waals surface area contributed by atoms with Crippen LogP contribution in [0.2, 0.25) is 0 Å². The van der Waals surface area contributed by atoms with Crippen LogP contribution in [0, 0.1) is 12.8 Å². The summed E-state index contributed by atoms with van der Waals surface area (Å²) in [5, 5.41) is 3.23.